The molecule has 0 aromatic heterocycles. The molecule has 0 amide bonds. The van der Waals surface area contributed by atoms with Crippen molar-refractivity contribution in [2.45, 2.75) is 12.8 Å². The van der Waals surface area contributed by atoms with Crippen molar-refractivity contribution in [3.8, 4) is 5.75 Å². The molecule has 2 aromatic carbocycles. The summed E-state index contributed by atoms with van der Waals surface area (Å²) < 4.78 is 16.2. The minimum Gasteiger partial charge on any atom is -0.258 e. The predicted octanol–water partition coefficient (Wildman–Crippen LogP) is 4.35. The van der Waals surface area contributed by atoms with E-state index in [4.69, 9.17) is 4.52 Å². The van der Waals surface area contributed by atoms with E-state index >= 15 is 0 Å². The molecule has 0 fully saturated rings. The van der Waals surface area contributed by atoms with Gasteiger partial charge >= 0.3 is 7.23 Å². The third-order valence-electron chi connectivity index (χ3n) is 2.98. The van der Waals surface area contributed by atoms with Crippen LogP contribution in [-0.2, 0) is 17.4 Å². The lowest BCUT2D eigenvalue weighted by atomic mass is 10.0. The molecule has 0 aliphatic rings. The van der Waals surface area contributed by atoms with E-state index in [0.29, 0.717) is 18.6 Å². The van der Waals surface area contributed by atoms with Crippen LogP contribution in [0.1, 0.15) is 11.1 Å². The summed E-state index contributed by atoms with van der Waals surface area (Å²) >= 11 is 3.75. The number of nitro benzene ring substituents is 1. The molecule has 108 valence electrons. The molecule has 5 nitrogen and oxygen atoms in total. The fraction of sp³-hybridized carbons (Fsp3) is 0.143. The summed E-state index contributed by atoms with van der Waals surface area (Å²) in [5.41, 5.74) is 1.99. The van der Waals surface area contributed by atoms with Crippen molar-refractivity contribution in [3.05, 3.63) is 69.8 Å². The highest BCUT2D eigenvalue weighted by Gasteiger charge is 2.15. The first-order chi connectivity index (χ1) is 10.1. The quantitative estimate of drug-likeness (QED) is 0.371. The Morgan fingerprint density at radius 3 is 2.38 bits per heavy atom. The molecule has 0 saturated carbocycles. The van der Waals surface area contributed by atoms with E-state index in [9.17, 15) is 14.7 Å². The summed E-state index contributed by atoms with van der Waals surface area (Å²) in [6, 6.07) is 13.8. The van der Waals surface area contributed by atoms with E-state index in [1.54, 1.807) is 24.3 Å². The fourth-order valence-electron chi connectivity index (χ4n) is 1.95. The second-order valence-corrected chi connectivity index (χ2v) is 6.00. The van der Waals surface area contributed by atoms with E-state index in [1.165, 1.54) is 12.1 Å². The van der Waals surface area contributed by atoms with Gasteiger partial charge in [-0.2, -0.15) is 0 Å². The normalized spacial score (nSPS) is 11.0. The highest BCUT2D eigenvalue weighted by atomic mass is 32.7. The summed E-state index contributed by atoms with van der Waals surface area (Å²) in [5.74, 6) is 0.551. The van der Waals surface area contributed by atoms with Gasteiger partial charge in [0.2, 0.25) is 0 Å². The second kappa shape index (κ2) is 7.20. The van der Waals surface area contributed by atoms with Gasteiger partial charge in [0, 0.05) is 17.7 Å². The highest BCUT2D eigenvalue weighted by molar-refractivity contribution is 8.39. The number of hydrogen-bond acceptors (Lipinski definition) is 4. The Labute approximate surface area is 128 Å². The van der Waals surface area contributed by atoms with Gasteiger partial charge in [0.25, 0.3) is 5.69 Å². The van der Waals surface area contributed by atoms with Crippen molar-refractivity contribution in [1.29, 1.82) is 0 Å². The van der Waals surface area contributed by atoms with Gasteiger partial charge < -0.3 is 0 Å². The average molecular weight is 322 g/mol. The maximum Gasteiger partial charge on any atom is 0.631 e. The summed E-state index contributed by atoms with van der Waals surface area (Å²) in [6.07, 6.45) is 1.40. The van der Waals surface area contributed by atoms with Gasteiger partial charge in [-0.15, -0.1) is 0 Å². The van der Waals surface area contributed by atoms with Crippen LogP contribution in [0.3, 0.4) is 0 Å². The molecule has 0 saturated heterocycles. The zero-order valence-electron chi connectivity index (χ0n) is 11.0. The Bertz CT molecular complexity index is 660. The molecule has 0 aliphatic heterocycles. The standard InChI is InChI=1S/C14H12NO4PS/c16-15(17)13-9-6-11(7-10-13)5-8-12-3-1-2-4-14(12)19-20(18)21/h1-4,6-7,9-10H,5,8H2/p+1. The maximum absolute atomic E-state index is 11.1. The van der Waals surface area contributed by atoms with Crippen LogP contribution in [0.2, 0.25) is 0 Å². The topological polar surface area (TPSA) is 69.4 Å². The van der Waals surface area contributed by atoms with E-state index in [1.807, 2.05) is 12.1 Å². The molecule has 2 aromatic rings. The molecular weight excluding hydrogens is 309 g/mol. The Balaban J connectivity index is 2.06. The zero-order valence-corrected chi connectivity index (χ0v) is 12.8. The third-order valence-corrected chi connectivity index (χ3v) is 3.58. The second-order valence-electron chi connectivity index (χ2n) is 4.36. The molecular formula is C14H13NO4PS+. The summed E-state index contributed by atoms with van der Waals surface area (Å²) in [5, 5.41) is 10.6. The van der Waals surface area contributed by atoms with Crippen LogP contribution >= 0.6 is 19.5 Å². The van der Waals surface area contributed by atoms with Crippen molar-refractivity contribution in [1.82, 2.24) is 0 Å². The number of hydrogen-bond donors (Lipinski definition) is 1. The van der Waals surface area contributed by atoms with Crippen LogP contribution < -0.4 is 4.52 Å². The van der Waals surface area contributed by atoms with E-state index in [-0.39, 0.29) is 5.69 Å². The summed E-state index contributed by atoms with van der Waals surface area (Å²) in [7, 11) is -2.00. The van der Waals surface area contributed by atoms with Crippen LogP contribution in [0.4, 0.5) is 5.69 Å². The largest absolute Gasteiger partial charge is 0.631 e. The number of para-hydroxylation sites is 1. The van der Waals surface area contributed by atoms with Crippen molar-refractivity contribution in [2.24, 2.45) is 0 Å². The predicted molar refractivity (Wildman–Crippen MR) is 84.2 cm³/mol. The molecule has 21 heavy (non-hydrogen) atoms. The first-order valence-corrected chi connectivity index (χ1v) is 8.54. The van der Waals surface area contributed by atoms with Crippen LogP contribution in [-0.4, -0.2) is 4.92 Å². The maximum atomic E-state index is 11.1. The Morgan fingerprint density at radius 2 is 1.76 bits per heavy atom. The van der Waals surface area contributed by atoms with E-state index in [0.717, 1.165) is 11.1 Å². The number of non-ortho nitro benzene ring substituents is 1. The molecule has 0 bridgehead atoms. The summed E-state index contributed by atoms with van der Waals surface area (Å²) in [6.45, 7) is 0. The summed E-state index contributed by atoms with van der Waals surface area (Å²) in [4.78, 5) is 10.2. The molecule has 1 unspecified atom stereocenters. The van der Waals surface area contributed by atoms with Gasteiger partial charge in [-0.3, -0.25) is 10.1 Å². The molecule has 0 spiro atoms. The minimum atomic E-state index is -2.00. The highest BCUT2D eigenvalue weighted by Crippen LogP contribution is 2.33. The Morgan fingerprint density at radius 1 is 1.10 bits per heavy atom. The van der Waals surface area contributed by atoms with Gasteiger partial charge in [-0.05, 0) is 29.0 Å². The number of benzene rings is 2. The lowest BCUT2D eigenvalue weighted by Crippen LogP contribution is -1.95. The van der Waals surface area contributed by atoms with Crippen LogP contribution in [0, 0.1) is 10.1 Å². The van der Waals surface area contributed by atoms with Gasteiger partial charge in [-0.25, -0.2) is 4.52 Å². The van der Waals surface area contributed by atoms with Crippen LogP contribution in [0.5, 0.6) is 5.75 Å². The van der Waals surface area contributed by atoms with E-state index < -0.39 is 12.2 Å². The van der Waals surface area contributed by atoms with Crippen molar-refractivity contribution < 1.29 is 14.0 Å². The number of rotatable bonds is 6. The lowest BCUT2D eigenvalue weighted by molar-refractivity contribution is -0.384. The number of thiol groups is 1. The molecule has 0 radical (unpaired) electrons. The van der Waals surface area contributed by atoms with Crippen LogP contribution in [0.15, 0.2) is 48.5 Å². The van der Waals surface area contributed by atoms with Gasteiger partial charge in [0.15, 0.2) is 18.0 Å². The van der Waals surface area contributed by atoms with Gasteiger partial charge in [-0.1, -0.05) is 30.3 Å². The van der Waals surface area contributed by atoms with Gasteiger partial charge in [0.05, 0.1) is 4.92 Å². The van der Waals surface area contributed by atoms with Crippen molar-refractivity contribution in [3.63, 3.8) is 0 Å². The Kier molecular flexibility index (Phi) is 5.31. The minimum absolute atomic E-state index is 0.0783. The van der Waals surface area contributed by atoms with Gasteiger partial charge in [0.1, 0.15) is 0 Å². The van der Waals surface area contributed by atoms with Crippen LogP contribution in [0.25, 0.3) is 0 Å². The molecule has 7 heteroatoms. The lowest BCUT2D eigenvalue weighted by Gasteiger charge is -2.04. The number of nitro groups is 1. The smallest absolute Gasteiger partial charge is 0.258 e. The van der Waals surface area contributed by atoms with E-state index in [2.05, 4.69) is 12.2 Å². The Hall–Kier alpha value is -1.91. The third kappa shape index (κ3) is 4.55. The van der Waals surface area contributed by atoms with Crippen molar-refractivity contribution in [2.75, 3.05) is 0 Å². The fourth-order valence-corrected chi connectivity index (χ4v) is 2.56. The molecule has 0 heterocycles. The zero-order chi connectivity index (χ0) is 15.2. The molecule has 2 rings (SSSR count). The molecule has 0 aliphatic carbocycles. The number of aryl methyl sites for hydroxylation is 2. The average Bonchev–Trinajstić information content (AvgIpc) is 2.46. The van der Waals surface area contributed by atoms with Crippen molar-refractivity contribution >= 4 is 25.2 Å². The SMILES string of the molecule is O=[N+]([O-])c1ccc(CCc2ccccc2O[P+](=O)S)cc1. The monoisotopic (exact) mass is 322 g/mol. The molecule has 0 N–H and O–H groups in total. The first-order valence-electron chi connectivity index (χ1n) is 6.21. The molecule has 1 atom stereocenters. The number of nitrogens with zero attached hydrogens (tertiary/aromatic N) is 1. The first kappa shape index (κ1) is 15.5.